The maximum Gasteiger partial charge on any atom is 0.310 e. The zero-order chi connectivity index (χ0) is 20.1. The SMILES string of the molecule is CCCCCCCCCOC(=O)C1CC=CCC1C(=O)OC(CC)C(C)C. The van der Waals surface area contributed by atoms with Crippen LogP contribution in [0.3, 0.4) is 0 Å². The highest BCUT2D eigenvalue weighted by Crippen LogP contribution is 2.29. The van der Waals surface area contributed by atoms with Gasteiger partial charge in [-0.2, -0.15) is 0 Å². The van der Waals surface area contributed by atoms with Gasteiger partial charge in [0.1, 0.15) is 6.10 Å². The second-order valence-electron chi connectivity index (χ2n) is 8.07. The van der Waals surface area contributed by atoms with Crippen molar-refractivity contribution in [2.75, 3.05) is 6.61 Å². The van der Waals surface area contributed by atoms with Gasteiger partial charge in [-0.15, -0.1) is 0 Å². The van der Waals surface area contributed by atoms with Gasteiger partial charge in [0.05, 0.1) is 18.4 Å². The molecule has 0 fully saturated rings. The zero-order valence-electron chi connectivity index (χ0n) is 17.9. The molecule has 1 rings (SSSR count). The Hall–Kier alpha value is -1.32. The van der Waals surface area contributed by atoms with E-state index < -0.39 is 11.8 Å². The Morgan fingerprint density at radius 3 is 2.00 bits per heavy atom. The van der Waals surface area contributed by atoms with E-state index in [9.17, 15) is 9.59 Å². The Morgan fingerprint density at radius 1 is 0.889 bits per heavy atom. The molecule has 1 aliphatic carbocycles. The van der Waals surface area contributed by atoms with Gasteiger partial charge < -0.3 is 9.47 Å². The molecule has 4 nitrogen and oxygen atoms in total. The minimum absolute atomic E-state index is 0.0900. The predicted octanol–water partition coefficient (Wildman–Crippen LogP) is 5.84. The van der Waals surface area contributed by atoms with Crippen molar-refractivity contribution < 1.29 is 19.1 Å². The fourth-order valence-electron chi connectivity index (χ4n) is 3.60. The van der Waals surface area contributed by atoms with Crippen molar-refractivity contribution >= 4 is 11.9 Å². The summed E-state index contributed by atoms with van der Waals surface area (Å²) in [4.78, 5) is 25.1. The molecule has 0 spiro atoms. The average Bonchev–Trinajstić information content (AvgIpc) is 2.67. The van der Waals surface area contributed by atoms with Crippen LogP contribution in [0.2, 0.25) is 0 Å². The highest BCUT2D eigenvalue weighted by molar-refractivity contribution is 5.82. The zero-order valence-corrected chi connectivity index (χ0v) is 17.9. The number of esters is 2. The summed E-state index contributed by atoms with van der Waals surface area (Å²) in [5.74, 6) is -1.04. The Kier molecular flexibility index (Phi) is 12.1. The second-order valence-corrected chi connectivity index (χ2v) is 8.07. The first-order valence-electron chi connectivity index (χ1n) is 11.0. The van der Waals surface area contributed by atoms with Crippen LogP contribution in [-0.4, -0.2) is 24.6 Å². The quantitative estimate of drug-likeness (QED) is 0.229. The van der Waals surface area contributed by atoms with Gasteiger partial charge in [0.25, 0.3) is 0 Å². The molecule has 3 unspecified atom stereocenters. The molecule has 3 atom stereocenters. The van der Waals surface area contributed by atoms with E-state index in [1.165, 1.54) is 32.1 Å². The average molecular weight is 381 g/mol. The second kappa shape index (κ2) is 13.8. The van der Waals surface area contributed by atoms with Crippen LogP contribution in [0, 0.1) is 17.8 Å². The first kappa shape index (κ1) is 23.7. The molecule has 0 saturated carbocycles. The van der Waals surface area contributed by atoms with Crippen LogP contribution in [0.25, 0.3) is 0 Å². The van der Waals surface area contributed by atoms with E-state index in [-0.39, 0.29) is 24.0 Å². The van der Waals surface area contributed by atoms with Crippen LogP contribution < -0.4 is 0 Å². The number of carbonyl (C=O) groups is 2. The van der Waals surface area contributed by atoms with E-state index in [1.54, 1.807) is 0 Å². The monoisotopic (exact) mass is 380 g/mol. The van der Waals surface area contributed by atoms with Crippen molar-refractivity contribution in [1.29, 1.82) is 0 Å². The topological polar surface area (TPSA) is 52.6 Å². The lowest BCUT2D eigenvalue weighted by Crippen LogP contribution is -2.36. The van der Waals surface area contributed by atoms with Gasteiger partial charge in [0, 0.05) is 0 Å². The van der Waals surface area contributed by atoms with Crippen LogP contribution in [-0.2, 0) is 19.1 Å². The molecular weight excluding hydrogens is 340 g/mol. The highest BCUT2D eigenvalue weighted by atomic mass is 16.5. The third-order valence-electron chi connectivity index (χ3n) is 5.44. The molecule has 0 aromatic carbocycles. The minimum atomic E-state index is -0.413. The summed E-state index contributed by atoms with van der Waals surface area (Å²) in [6.07, 6.45) is 14.1. The van der Waals surface area contributed by atoms with Crippen LogP contribution >= 0.6 is 0 Å². The van der Waals surface area contributed by atoms with E-state index in [0.29, 0.717) is 19.4 Å². The maximum atomic E-state index is 12.6. The molecular formula is C23H40O4. The smallest absolute Gasteiger partial charge is 0.310 e. The molecule has 0 heterocycles. The van der Waals surface area contributed by atoms with E-state index in [4.69, 9.17) is 9.47 Å². The number of allylic oxidation sites excluding steroid dienone is 2. The van der Waals surface area contributed by atoms with Gasteiger partial charge >= 0.3 is 11.9 Å². The van der Waals surface area contributed by atoms with Crippen molar-refractivity contribution in [3.63, 3.8) is 0 Å². The fourth-order valence-corrected chi connectivity index (χ4v) is 3.60. The number of unbranched alkanes of at least 4 members (excludes halogenated alkanes) is 6. The molecule has 0 bridgehead atoms. The number of rotatable bonds is 13. The van der Waals surface area contributed by atoms with Crippen LogP contribution in [0.1, 0.15) is 91.9 Å². The third-order valence-corrected chi connectivity index (χ3v) is 5.44. The molecule has 1 aliphatic rings. The van der Waals surface area contributed by atoms with Crippen LogP contribution in [0.5, 0.6) is 0 Å². The molecule has 156 valence electrons. The molecule has 27 heavy (non-hydrogen) atoms. The van der Waals surface area contributed by atoms with Gasteiger partial charge in [-0.05, 0) is 31.6 Å². The predicted molar refractivity (Wildman–Crippen MR) is 109 cm³/mol. The molecule has 4 heteroatoms. The highest BCUT2D eigenvalue weighted by Gasteiger charge is 2.37. The first-order valence-corrected chi connectivity index (χ1v) is 11.0. The Labute approximate surface area is 166 Å². The molecule has 0 aliphatic heterocycles. The van der Waals surface area contributed by atoms with E-state index in [0.717, 1.165) is 19.3 Å². The minimum Gasteiger partial charge on any atom is -0.465 e. The van der Waals surface area contributed by atoms with Crippen molar-refractivity contribution in [3.8, 4) is 0 Å². The normalized spacial score (nSPS) is 20.5. The number of hydrogen-bond acceptors (Lipinski definition) is 4. The number of ether oxygens (including phenoxy) is 2. The molecule has 0 radical (unpaired) electrons. The lowest BCUT2D eigenvalue weighted by molar-refractivity contribution is -0.166. The number of carbonyl (C=O) groups excluding carboxylic acids is 2. The summed E-state index contributed by atoms with van der Waals surface area (Å²) >= 11 is 0. The molecule has 0 saturated heterocycles. The summed E-state index contributed by atoms with van der Waals surface area (Å²) in [6.45, 7) is 8.80. The lowest BCUT2D eigenvalue weighted by Gasteiger charge is -2.28. The largest absolute Gasteiger partial charge is 0.465 e. The van der Waals surface area contributed by atoms with Gasteiger partial charge in [-0.1, -0.05) is 78.4 Å². The number of hydrogen-bond donors (Lipinski definition) is 0. The van der Waals surface area contributed by atoms with E-state index >= 15 is 0 Å². The van der Waals surface area contributed by atoms with Gasteiger partial charge in [0.15, 0.2) is 0 Å². The van der Waals surface area contributed by atoms with Crippen molar-refractivity contribution in [2.24, 2.45) is 17.8 Å². The van der Waals surface area contributed by atoms with Crippen molar-refractivity contribution in [1.82, 2.24) is 0 Å². The van der Waals surface area contributed by atoms with Gasteiger partial charge in [-0.25, -0.2) is 0 Å². The Balaban J connectivity index is 2.40. The lowest BCUT2D eigenvalue weighted by atomic mass is 9.83. The van der Waals surface area contributed by atoms with Crippen molar-refractivity contribution in [2.45, 2.75) is 98.0 Å². The summed E-state index contributed by atoms with van der Waals surface area (Å²) < 4.78 is 11.2. The molecule has 0 aromatic rings. The third kappa shape index (κ3) is 8.94. The molecule has 0 amide bonds. The molecule has 0 N–H and O–H groups in total. The van der Waals surface area contributed by atoms with Gasteiger partial charge in [0.2, 0.25) is 0 Å². The maximum absolute atomic E-state index is 12.6. The van der Waals surface area contributed by atoms with Crippen LogP contribution in [0.15, 0.2) is 12.2 Å². The summed E-state index contributed by atoms with van der Waals surface area (Å²) in [7, 11) is 0. The first-order chi connectivity index (χ1) is 13.0. The van der Waals surface area contributed by atoms with E-state index in [2.05, 4.69) is 20.8 Å². The summed E-state index contributed by atoms with van der Waals surface area (Å²) in [5, 5.41) is 0. The van der Waals surface area contributed by atoms with Gasteiger partial charge in [-0.3, -0.25) is 9.59 Å². The fraction of sp³-hybridized carbons (Fsp3) is 0.826. The Bertz CT molecular complexity index is 455. The standard InChI is InChI=1S/C23H40O4/c1-5-7-8-9-10-11-14-17-26-22(24)19-15-12-13-16-20(19)23(25)27-21(6-2)18(3)4/h12-13,18-21H,5-11,14-17H2,1-4H3. The Morgan fingerprint density at radius 2 is 1.44 bits per heavy atom. The van der Waals surface area contributed by atoms with E-state index in [1.807, 2.05) is 19.1 Å². The molecule has 0 aromatic heterocycles. The van der Waals surface area contributed by atoms with Crippen LogP contribution in [0.4, 0.5) is 0 Å². The summed E-state index contributed by atoms with van der Waals surface area (Å²) in [5.41, 5.74) is 0. The summed E-state index contributed by atoms with van der Waals surface area (Å²) in [6, 6.07) is 0. The van der Waals surface area contributed by atoms with Crippen molar-refractivity contribution in [3.05, 3.63) is 12.2 Å².